The molecule has 0 bridgehead atoms. The van der Waals surface area contributed by atoms with E-state index in [4.69, 9.17) is 10.5 Å². The predicted molar refractivity (Wildman–Crippen MR) is 63.2 cm³/mol. The molecule has 1 aromatic rings. The van der Waals surface area contributed by atoms with Crippen molar-refractivity contribution in [3.05, 3.63) is 24.0 Å². The number of anilines is 1. The van der Waals surface area contributed by atoms with Gasteiger partial charge in [-0.25, -0.2) is 4.39 Å². The number of halogens is 1. The van der Waals surface area contributed by atoms with Crippen molar-refractivity contribution in [2.45, 2.75) is 18.2 Å². The Bertz CT molecular complexity index is 371. The lowest BCUT2D eigenvalue weighted by atomic mass is 10.3. The Morgan fingerprint density at radius 1 is 1.44 bits per heavy atom. The molecule has 0 saturated carbocycles. The van der Waals surface area contributed by atoms with Crippen molar-refractivity contribution in [3.63, 3.8) is 0 Å². The molecule has 0 fully saturated rings. The van der Waals surface area contributed by atoms with Crippen molar-refractivity contribution in [1.29, 1.82) is 0 Å². The molecule has 0 saturated heterocycles. The summed E-state index contributed by atoms with van der Waals surface area (Å²) in [4.78, 5) is 0.189. The van der Waals surface area contributed by atoms with Crippen LogP contribution < -0.4 is 5.73 Å². The van der Waals surface area contributed by atoms with Crippen LogP contribution in [0, 0.1) is 5.82 Å². The molecule has 0 aliphatic heterocycles. The van der Waals surface area contributed by atoms with E-state index in [2.05, 4.69) is 0 Å². The Morgan fingerprint density at radius 2 is 2.19 bits per heavy atom. The standard InChI is InChI=1S/C11H16FNO2S/c1-2-5-15-6-7-16(14)11-4-3-9(13)8-10(11)12/h3-4,8H,2,5-7,13H2,1H3. The second-order valence-electron chi connectivity index (χ2n) is 3.35. The van der Waals surface area contributed by atoms with Crippen LogP contribution in [0.4, 0.5) is 10.1 Å². The molecule has 1 rings (SSSR count). The molecule has 0 amide bonds. The van der Waals surface area contributed by atoms with Gasteiger partial charge in [0.05, 0.1) is 28.1 Å². The quantitative estimate of drug-likeness (QED) is 0.615. The number of hydrogen-bond donors (Lipinski definition) is 1. The van der Waals surface area contributed by atoms with Gasteiger partial charge < -0.3 is 10.5 Å². The molecule has 0 aromatic heterocycles. The zero-order chi connectivity index (χ0) is 12.0. The summed E-state index contributed by atoms with van der Waals surface area (Å²) in [5.41, 5.74) is 5.74. The summed E-state index contributed by atoms with van der Waals surface area (Å²) < 4.78 is 30.3. The maximum absolute atomic E-state index is 13.4. The number of hydrogen-bond acceptors (Lipinski definition) is 3. The first-order valence-corrected chi connectivity index (χ1v) is 6.48. The first-order chi connectivity index (χ1) is 7.65. The van der Waals surface area contributed by atoms with Crippen LogP contribution in [0.2, 0.25) is 0 Å². The average Bonchev–Trinajstić information content (AvgIpc) is 2.24. The molecule has 0 aliphatic carbocycles. The second kappa shape index (κ2) is 6.60. The van der Waals surface area contributed by atoms with Crippen LogP contribution in [0.25, 0.3) is 0 Å². The molecule has 1 unspecified atom stereocenters. The van der Waals surface area contributed by atoms with Crippen molar-refractivity contribution < 1.29 is 13.3 Å². The summed E-state index contributed by atoms with van der Waals surface area (Å²) in [5.74, 6) is -0.213. The van der Waals surface area contributed by atoms with Crippen LogP contribution in [0.1, 0.15) is 13.3 Å². The van der Waals surface area contributed by atoms with E-state index >= 15 is 0 Å². The minimum Gasteiger partial charge on any atom is -0.399 e. The van der Waals surface area contributed by atoms with Crippen molar-refractivity contribution in [2.75, 3.05) is 24.7 Å². The molecule has 90 valence electrons. The number of nitrogens with two attached hydrogens (primary N) is 1. The highest BCUT2D eigenvalue weighted by molar-refractivity contribution is 7.85. The summed E-state index contributed by atoms with van der Waals surface area (Å²) in [6, 6.07) is 4.18. The van der Waals surface area contributed by atoms with Gasteiger partial charge in [0.2, 0.25) is 0 Å². The fraction of sp³-hybridized carbons (Fsp3) is 0.455. The highest BCUT2D eigenvalue weighted by Crippen LogP contribution is 2.15. The molecule has 3 nitrogen and oxygen atoms in total. The molecule has 0 heterocycles. The zero-order valence-corrected chi connectivity index (χ0v) is 10.1. The summed E-state index contributed by atoms with van der Waals surface area (Å²) in [7, 11) is -1.36. The van der Waals surface area contributed by atoms with Gasteiger partial charge in [-0.3, -0.25) is 4.21 Å². The molecular formula is C11H16FNO2S. The number of benzene rings is 1. The van der Waals surface area contributed by atoms with Crippen molar-refractivity contribution in [1.82, 2.24) is 0 Å². The summed E-state index contributed by atoms with van der Waals surface area (Å²) >= 11 is 0. The fourth-order valence-corrected chi connectivity index (χ4v) is 2.18. The number of rotatable bonds is 6. The van der Waals surface area contributed by atoms with Crippen LogP contribution in [0.15, 0.2) is 23.1 Å². The van der Waals surface area contributed by atoms with Gasteiger partial charge in [-0.05, 0) is 24.6 Å². The lowest BCUT2D eigenvalue weighted by Gasteiger charge is -2.05. The first-order valence-electron chi connectivity index (χ1n) is 5.16. The third-order valence-corrected chi connectivity index (χ3v) is 3.32. The molecule has 2 N–H and O–H groups in total. The maximum Gasteiger partial charge on any atom is 0.141 e. The Hall–Kier alpha value is -0.940. The maximum atomic E-state index is 13.4. The van der Waals surface area contributed by atoms with E-state index in [0.717, 1.165) is 6.42 Å². The summed E-state index contributed by atoms with van der Waals surface area (Å²) in [6.07, 6.45) is 0.920. The Kier molecular flexibility index (Phi) is 5.42. The lowest BCUT2D eigenvalue weighted by molar-refractivity contribution is 0.150. The number of nitrogen functional groups attached to an aromatic ring is 1. The van der Waals surface area contributed by atoms with E-state index in [-0.39, 0.29) is 4.90 Å². The Morgan fingerprint density at radius 3 is 2.81 bits per heavy atom. The van der Waals surface area contributed by atoms with Gasteiger partial charge >= 0.3 is 0 Å². The van der Waals surface area contributed by atoms with Crippen LogP contribution in [-0.2, 0) is 15.5 Å². The normalized spacial score (nSPS) is 12.6. The summed E-state index contributed by atoms with van der Waals surface area (Å²) in [6.45, 7) is 3.02. The first kappa shape index (κ1) is 13.1. The van der Waals surface area contributed by atoms with Crippen LogP contribution >= 0.6 is 0 Å². The molecule has 0 aliphatic rings. The molecule has 5 heteroatoms. The summed E-state index contributed by atoms with van der Waals surface area (Å²) in [5, 5.41) is 0. The van der Waals surface area contributed by atoms with E-state index in [9.17, 15) is 8.60 Å². The third kappa shape index (κ3) is 3.90. The average molecular weight is 245 g/mol. The predicted octanol–water partition coefficient (Wildman–Crippen LogP) is 1.94. The zero-order valence-electron chi connectivity index (χ0n) is 9.24. The minimum absolute atomic E-state index is 0.189. The molecule has 0 spiro atoms. The van der Waals surface area contributed by atoms with Gasteiger partial charge in [-0.1, -0.05) is 6.92 Å². The van der Waals surface area contributed by atoms with Crippen LogP contribution in [-0.4, -0.2) is 23.2 Å². The van der Waals surface area contributed by atoms with E-state index < -0.39 is 16.6 Å². The van der Waals surface area contributed by atoms with Crippen LogP contribution in [0.5, 0.6) is 0 Å². The monoisotopic (exact) mass is 245 g/mol. The second-order valence-corrected chi connectivity index (χ2v) is 4.89. The van der Waals surface area contributed by atoms with Crippen LogP contribution in [0.3, 0.4) is 0 Å². The van der Waals surface area contributed by atoms with Gasteiger partial charge in [-0.2, -0.15) is 0 Å². The van der Waals surface area contributed by atoms with Gasteiger partial charge in [-0.15, -0.1) is 0 Å². The van der Waals surface area contributed by atoms with Crippen molar-refractivity contribution >= 4 is 16.5 Å². The topological polar surface area (TPSA) is 52.3 Å². The minimum atomic E-state index is -1.36. The largest absolute Gasteiger partial charge is 0.399 e. The SMILES string of the molecule is CCCOCCS(=O)c1ccc(N)cc1F. The van der Waals surface area contributed by atoms with Gasteiger partial charge in [0.15, 0.2) is 0 Å². The van der Waals surface area contributed by atoms with Crippen molar-refractivity contribution in [2.24, 2.45) is 0 Å². The van der Waals surface area contributed by atoms with E-state index in [1.165, 1.54) is 12.1 Å². The highest BCUT2D eigenvalue weighted by Gasteiger charge is 2.09. The third-order valence-electron chi connectivity index (χ3n) is 1.96. The molecular weight excluding hydrogens is 229 g/mol. The van der Waals surface area contributed by atoms with E-state index in [1.54, 1.807) is 6.07 Å². The smallest absolute Gasteiger partial charge is 0.141 e. The molecule has 1 atom stereocenters. The van der Waals surface area contributed by atoms with Gasteiger partial charge in [0.1, 0.15) is 5.82 Å². The van der Waals surface area contributed by atoms with Gasteiger partial charge in [0.25, 0.3) is 0 Å². The van der Waals surface area contributed by atoms with E-state index in [1.807, 2.05) is 6.92 Å². The Balaban J connectivity index is 2.53. The Labute approximate surface area is 97.2 Å². The number of ether oxygens (including phenoxy) is 1. The highest BCUT2D eigenvalue weighted by atomic mass is 32.2. The lowest BCUT2D eigenvalue weighted by Crippen LogP contribution is -2.08. The van der Waals surface area contributed by atoms with Gasteiger partial charge in [0, 0.05) is 12.3 Å². The fourth-order valence-electron chi connectivity index (χ4n) is 1.19. The van der Waals surface area contributed by atoms with E-state index in [0.29, 0.717) is 24.7 Å². The molecule has 1 aromatic carbocycles. The van der Waals surface area contributed by atoms with Crippen molar-refractivity contribution in [3.8, 4) is 0 Å². The molecule has 16 heavy (non-hydrogen) atoms. The molecule has 0 radical (unpaired) electrons.